The van der Waals surface area contributed by atoms with Gasteiger partial charge < -0.3 is 10.6 Å². The molecule has 0 saturated carbocycles. The Labute approximate surface area is 123 Å². The standard InChI is InChI=1S/C14H19ClN4O/c1-3-18(2)13-11-6-5-10(15)9-12(11)19(8-4-7-16)14(20)17-13/h5-6,9H,3-4,7-8,16H2,1-2H3. The predicted molar refractivity (Wildman–Crippen MR) is 83.6 cm³/mol. The van der Waals surface area contributed by atoms with E-state index >= 15 is 0 Å². The Hall–Kier alpha value is -1.59. The Bertz CT molecular complexity index is 668. The summed E-state index contributed by atoms with van der Waals surface area (Å²) in [6.07, 6.45) is 0.728. The fourth-order valence-electron chi connectivity index (χ4n) is 2.14. The van der Waals surface area contributed by atoms with E-state index in [1.807, 2.05) is 37.1 Å². The topological polar surface area (TPSA) is 64.2 Å². The smallest absolute Gasteiger partial charge is 0.350 e. The van der Waals surface area contributed by atoms with Gasteiger partial charge in [-0.05, 0) is 38.1 Å². The van der Waals surface area contributed by atoms with Crippen LogP contribution < -0.4 is 16.3 Å². The van der Waals surface area contributed by atoms with Crippen molar-refractivity contribution in [3.63, 3.8) is 0 Å². The van der Waals surface area contributed by atoms with Crippen molar-refractivity contribution in [1.29, 1.82) is 0 Å². The van der Waals surface area contributed by atoms with Crippen molar-refractivity contribution >= 4 is 28.3 Å². The molecule has 20 heavy (non-hydrogen) atoms. The van der Waals surface area contributed by atoms with Crippen molar-refractivity contribution < 1.29 is 0 Å². The van der Waals surface area contributed by atoms with Crippen LogP contribution in [0.25, 0.3) is 10.9 Å². The van der Waals surface area contributed by atoms with Crippen molar-refractivity contribution in [3.8, 4) is 0 Å². The third-order valence-electron chi connectivity index (χ3n) is 3.35. The molecule has 6 heteroatoms. The number of hydrogen-bond donors (Lipinski definition) is 1. The number of nitrogens with zero attached hydrogens (tertiary/aromatic N) is 3. The Kier molecular flexibility index (Phi) is 4.62. The summed E-state index contributed by atoms with van der Waals surface area (Å²) in [7, 11) is 1.92. The number of anilines is 1. The van der Waals surface area contributed by atoms with Crippen LogP contribution >= 0.6 is 11.6 Å². The molecule has 2 N–H and O–H groups in total. The van der Waals surface area contributed by atoms with E-state index in [1.165, 1.54) is 0 Å². The van der Waals surface area contributed by atoms with Crippen LogP contribution in [0.4, 0.5) is 5.82 Å². The van der Waals surface area contributed by atoms with E-state index in [4.69, 9.17) is 17.3 Å². The van der Waals surface area contributed by atoms with Gasteiger partial charge >= 0.3 is 5.69 Å². The molecule has 1 aromatic carbocycles. The zero-order chi connectivity index (χ0) is 14.7. The minimum absolute atomic E-state index is 0.261. The van der Waals surface area contributed by atoms with Crippen molar-refractivity contribution in [2.24, 2.45) is 5.73 Å². The van der Waals surface area contributed by atoms with E-state index in [1.54, 1.807) is 4.57 Å². The number of rotatable bonds is 5. The molecule has 0 fully saturated rings. The van der Waals surface area contributed by atoms with Crippen molar-refractivity contribution in [2.75, 3.05) is 25.0 Å². The molecule has 0 radical (unpaired) electrons. The molecular formula is C14H19ClN4O. The SMILES string of the molecule is CCN(C)c1nc(=O)n(CCCN)c2cc(Cl)ccc12. The van der Waals surface area contributed by atoms with E-state index in [0.29, 0.717) is 23.9 Å². The van der Waals surface area contributed by atoms with E-state index < -0.39 is 0 Å². The number of aryl methyl sites for hydroxylation is 1. The zero-order valence-corrected chi connectivity index (χ0v) is 12.5. The molecule has 1 aromatic heterocycles. The Morgan fingerprint density at radius 1 is 1.45 bits per heavy atom. The maximum Gasteiger partial charge on any atom is 0.350 e. The van der Waals surface area contributed by atoms with Gasteiger partial charge in [-0.2, -0.15) is 4.98 Å². The van der Waals surface area contributed by atoms with E-state index in [0.717, 1.165) is 23.9 Å². The predicted octanol–water partition coefficient (Wildman–Crippen LogP) is 1.85. The first-order valence-corrected chi connectivity index (χ1v) is 7.07. The number of benzene rings is 1. The van der Waals surface area contributed by atoms with Crippen molar-refractivity contribution in [2.45, 2.75) is 19.9 Å². The molecule has 1 heterocycles. The lowest BCUT2D eigenvalue weighted by Gasteiger charge is -2.19. The number of nitrogens with two attached hydrogens (primary N) is 1. The fourth-order valence-corrected chi connectivity index (χ4v) is 2.30. The first kappa shape index (κ1) is 14.8. The molecule has 2 rings (SSSR count). The highest BCUT2D eigenvalue weighted by molar-refractivity contribution is 6.31. The summed E-state index contributed by atoms with van der Waals surface area (Å²) in [6, 6.07) is 5.53. The second kappa shape index (κ2) is 6.24. The maximum absolute atomic E-state index is 12.2. The first-order valence-electron chi connectivity index (χ1n) is 6.69. The fraction of sp³-hybridized carbons (Fsp3) is 0.429. The van der Waals surface area contributed by atoms with Gasteiger partial charge in [0.05, 0.1) is 5.52 Å². The summed E-state index contributed by atoms with van der Waals surface area (Å²) >= 11 is 6.07. The third-order valence-corrected chi connectivity index (χ3v) is 3.58. The van der Waals surface area contributed by atoms with Gasteiger partial charge in [0.15, 0.2) is 0 Å². The second-order valence-electron chi connectivity index (χ2n) is 4.69. The normalized spacial score (nSPS) is 11.0. The van der Waals surface area contributed by atoms with Crippen LogP contribution in [-0.4, -0.2) is 29.7 Å². The Morgan fingerprint density at radius 3 is 2.85 bits per heavy atom. The molecule has 0 aliphatic heterocycles. The maximum atomic E-state index is 12.2. The Morgan fingerprint density at radius 2 is 2.20 bits per heavy atom. The van der Waals surface area contributed by atoms with Crippen LogP contribution in [-0.2, 0) is 6.54 Å². The molecule has 0 aliphatic rings. The van der Waals surface area contributed by atoms with Gasteiger partial charge in [0.1, 0.15) is 5.82 Å². The highest BCUT2D eigenvalue weighted by Crippen LogP contribution is 2.25. The number of aromatic nitrogens is 2. The van der Waals surface area contributed by atoms with Gasteiger partial charge in [-0.15, -0.1) is 0 Å². The molecule has 0 amide bonds. The van der Waals surface area contributed by atoms with Crippen LogP contribution in [0, 0.1) is 0 Å². The first-order chi connectivity index (χ1) is 9.58. The van der Waals surface area contributed by atoms with E-state index in [9.17, 15) is 4.79 Å². The molecule has 5 nitrogen and oxygen atoms in total. The largest absolute Gasteiger partial charge is 0.359 e. The summed E-state index contributed by atoms with van der Waals surface area (Å²) in [5.41, 5.74) is 6.08. The van der Waals surface area contributed by atoms with Crippen LogP contribution in [0.1, 0.15) is 13.3 Å². The number of fused-ring (bicyclic) bond motifs is 1. The van der Waals surface area contributed by atoms with Crippen LogP contribution in [0.3, 0.4) is 0 Å². The van der Waals surface area contributed by atoms with E-state index in [-0.39, 0.29) is 5.69 Å². The monoisotopic (exact) mass is 294 g/mol. The molecule has 0 saturated heterocycles. The molecule has 0 bridgehead atoms. The van der Waals surface area contributed by atoms with Gasteiger partial charge in [-0.3, -0.25) is 4.57 Å². The number of hydrogen-bond acceptors (Lipinski definition) is 4. The summed E-state index contributed by atoms with van der Waals surface area (Å²) in [5, 5.41) is 1.53. The quantitative estimate of drug-likeness (QED) is 0.914. The summed E-state index contributed by atoms with van der Waals surface area (Å²) < 4.78 is 1.64. The highest BCUT2D eigenvalue weighted by atomic mass is 35.5. The lowest BCUT2D eigenvalue weighted by Crippen LogP contribution is -2.28. The van der Waals surface area contributed by atoms with Gasteiger partial charge in [0.25, 0.3) is 0 Å². The van der Waals surface area contributed by atoms with Crippen LogP contribution in [0.2, 0.25) is 5.02 Å². The molecule has 2 aromatic rings. The van der Waals surface area contributed by atoms with E-state index in [2.05, 4.69) is 4.98 Å². The minimum atomic E-state index is -0.261. The van der Waals surface area contributed by atoms with Gasteiger partial charge in [-0.25, -0.2) is 4.79 Å². The summed E-state index contributed by atoms with van der Waals surface area (Å²) in [4.78, 5) is 18.4. The molecular weight excluding hydrogens is 276 g/mol. The van der Waals surface area contributed by atoms with Gasteiger partial charge in [0, 0.05) is 30.5 Å². The minimum Gasteiger partial charge on any atom is -0.359 e. The molecule has 0 aliphatic carbocycles. The average molecular weight is 295 g/mol. The highest BCUT2D eigenvalue weighted by Gasteiger charge is 2.13. The lowest BCUT2D eigenvalue weighted by atomic mass is 10.2. The van der Waals surface area contributed by atoms with Crippen LogP contribution in [0.5, 0.6) is 0 Å². The zero-order valence-electron chi connectivity index (χ0n) is 11.8. The summed E-state index contributed by atoms with van der Waals surface area (Å²) in [6.45, 7) is 3.88. The molecule has 0 unspecified atom stereocenters. The summed E-state index contributed by atoms with van der Waals surface area (Å²) in [5.74, 6) is 0.688. The number of halogens is 1. The Balaban J connectivity index is 2.72. The van der Waals surface area contributed by atoms with Gasteiger partial charge in [-0.1, -0.05) is 11.6 Å². The second-order valence-corrected chi connectivity index (χ2v) is 5.12. The van der Waals surface area contributed by atoms with Gasteiger partial charge in [0.2, 0.25) is 0 Å². The lowest BCUT2D eigenvalue weighted by molar-refractivity contribution is 0.635. The third kappa shape index (κ3) is 2.78. The van der Waals surface area contributed by atoms with Crippen LogP contribution in [0.15, 0.2) is 23.0 Å². The average Bonchev–Trinajstić information content (AvgIpc) is 2.44. The molecule has 0 atom stereocenters. The molecule has 108 valence electrons. The van der Waals surface area contributed by atoms with Crippen molar-refractivity contribution in [1.82, 2.24) is 9.55 Å². The van der Waals surface area contributed by atoms with Crippen molar-refractivity contribution in [3.05, 3.63) is 33.7 Å². The molecule has 0 spiro atoms.